The molecule has 130 valence electrons. The predicted octanol–water partition coefficient (Wildman–Crippen LogP) is 3.11. The number of amides is 2. The molecule has 2 aromatic carbocycles. The Morgan fingerprint density at radius 2 is 1.92 bits per heavy atom. The lowest BCUT2D eigenvalue weighted by molar-refractivity contribution is -0.122. The van der Waals surface area contributed by atoms with E-state index in [1.54, 1.807) is 36.2 Å². The van der Waals surface area contributed by atoms with E-state index in [0.717, 1.165) is 11.3 Å². The molecule has 0 saturated heterocycles. The Bertz CT molecular complexity index is 776. The van der Waals surface area contributed by atoms with Crippen molar-refractivity contribution in [3.8, 4) is 5.75 Å². The first-order valence-electron chi connectivity index (χ1n) is 8.38. The van der Waals surface area contributed by atoms with E-state index in [1.807, 2.05) is 38.1 Å². The average molecular weight is 338 g/mol. The number of carbonyl (C=O) groups is 2. The lowest BCUT2D eigenvalue weighted by atomic mass is 10.1. The number of nitrogens with zero attached hydrogens (tertiary/aromatic N) is 1. The van der Waals surface area contributed by atoms with Crippen LogP contribution in [-0.4, -0.2) is 35.9 Å². The molecule has 5 nitrogen and oxygen atoms in total. The first kappa shape index (κ1) is 17.0. The minimum Gasteiger partial charge on any atom is -0.480 e. The van der Waals surface area contributed by atoms with Crippen molar-refractivity contribution in [3.05, 3.63) is 59.7 Å². The Balaban J connectivity index is 1.69. The number of rotatable bonds is 4. The van der Waals surface area contributed by atoms with Crippen LogP contribution in [0.3, 0.4) is 0 Å². The summed E-state index contributed by atoms with van der Waals surface area (Å²) in [5.41, 5.74) is 2.17. The van der Waals surface area contributed by atoms with Crippen molar-refractivity contribution in [1.29, 1.82) is 0 Å². The molecule has 25 heavy (non-hydrogen) atoms. The van der Waals surface area contributed by atoms with Gasteiger partial charge in [0.2, 0.25) is 0 Å². The second-order valence-electron chi connectivity index (χ2n) is 6.50. The number of nitrogens with one attached hydrogen (secondary N) is 1. The maximum Gasteiger partial charge on any atom is 0.265 e. The summed E-state index contributed by atoms with van der Waals surface area (Å²) in [5.74, 6) is 0.471. The molecule has 0 spiro atoms. The van der Waals surface area contributed by atoms with Crippen LogP contribution < -0.4 is 10.1 Å². The van der Waals surface area contributed by atoms with Crippen molar-refractivity contribution in [1.82, 2.24) is 4.90 Å². The zero-order valence-electron chi connectivity index (χ0n) is 14.7. The highest BCUT2D eigenvalue weighted by Gasteiger charge is 2.28. The Morgan fingerprint density at radius 3 is 2.64 bits per heavy atom. The third-order valence-corrected chi connectivity index (χ3v) is 4.41. The van der Waals surface area contributed by atoms with E-state index >= 15 is 0 Å². The fraction of sp³-hybridized carbons (Fsp3) is 0.300. The topological polar surface area (TPSA) is 58.6 Å². The molecular formula is C20H22N2O3. The SMILES string of the molecule is CC(C)N(C)C(=O)c1cccc(NC(=O)C2Cc3ccccc3O2)c1. The van der Waals surface area contributed by atoms with Gasteiger partial charge in [0.25, 0.3) is 11.8 Å². The van der Waals surface area contributed by atoms with Gasteiger partial charge in [-0.1, -0.05) is 24.3 Å². The number of anilines is 1. The van der Waals surface area contributed by atoms with Crippen LogP contribution in [0.25, 0.3) is 0 Å². The lowest BCUT2D eigenvalue weighted by Crippen LogP contribution is -2.33. The van der Waals surface area contributed by atoms with E-state index in [2.05, 4.69) is 5.32 Å². The highest BCUT2D eigenvalue weighted by molar-refractivity contribution is 5.98. The van der Waals surface area contributed by atoms with Gasteiger partial charge in [0.1, 0.15) is 5.75 Å². The predicted molar refractivity (Wildman–Crippen MR) is 96.9 cm³/mol. The van der Waals surface area contributed by atoms with Gasteiger partial charge in [-0.25, -0.2) is 0 Å². The summed E-state index contributed by atoms with van der Waals surface area (Å²) in [7, 11) is 1.77. The van der Waals surface area contributed by atoms with Gasteiger partial charge in [-0.15, -0.1) is 0 Å². The van der Waals surface area contributed by atoms with Gasteiger partial charge in [0, 0.05) is 30.8 Å². The highest BCUT2D eigenvalue weighted by atomic mass is 16.5. The molecule has 3 rings (SSSR count). The van der Waals surface area contributed by atoms with Gasteiger partial charge in [-0.05, 0) is 43.7 Å². The molecule has 0 aliphatic carbocycles. The molecule has 2 amide bonds. The van der Waals surface area contributed by atoms with Crippen LogP contribution in [0.15, 0.2) is 48.5 Å². The zero-order valence-corrected chi connectivity index (χ0v) is 14.7. The number of hydrogen-bond donors (Lipinski definition) is 1. The minimum atomic E-state index is -0.546. The first-order chi connectivity index (χ1) is 12.0. The second kappa shape index (κ2) is 6.97. The number of para-hydroxylation sites is 1. The quantitative estimate of drug-likeness (QED) is 0.932. The smallest absolute Gasteiger partial charge is 0.265 e. The molecule has 1 unspecified atom stereocenters. The standard InChI is InChI=1S/C20H22N2O3/c1-13(2)22(3)20(24)15-8-6-9-16(11-15)21-19(23)18-12-14-7-4-5-10-17(14)25-18/h4-11,13,18H,12H2,1-3H3,(H,21,23). The molecule has 1 heterocycles. The van der Waals surface area contributed by atoms with Crippen molar-refractivity contribution in [2.75, 3.05) is 12.4 Å². The summed E-state index contributed by atoms with van der Waals surface area (Å²) in [6.07, 6.45) is 0.00609. The molecule has 0 fully saturated rings. The number of carbonyl (C=O) groups excluding carboxylic acids is 2. The van der Waals surface area contributed by atoms with E-state index in [9.17, 15) is 9.59 Å². The van der Waals surface area contributed by atoms with Crippen molar-refractivity contribution in [2.45, 2.75) is 32.4 Å². The van der Waals surface area contributed by atoms with Gasteiger partial charge in [0.05, 0.1) is 0 Å². The molecule has 5 heteroatoms. The van der Waals surface area contributed by atoms with Crippen molar-refractivity contribution in [3.63, 3.8) is 0 Å². The molecule has 2 aromatic rings. The fourth-order valence-electron chi connectivity index (χ4n) is 2.72. The van der Waals surface area contributed by atoms with Crippen LogP contribution in [0.5, 0.6) is 5.75 Å². The van der Waals surface area contributed by atoms with Gasteiger partial charge >= 0.3 is 0 Å². The summed E-state index contributed by atoms with van der Waals surface area (Å²) in [4.78, 5) is 26.6. The zero-order chi connectivity index (χ0) is 18.0. The van der Waals surface area contributed by atoms with Crippen LogP contribution >= 0.6 is 0 Å². The fourth-order valence-corrected chi connectivity index (χ4v) is 2.72. The van der Waals surface area contributed by atoms with Crippen LogP contribution in [0.4, 0.5) is 5.69 Å². The van der Waals surface area contributed by atoms with Crippen LogP contribution in [-0.2, 0) is 11.2 Å². The van der Waals surface area contributed by atoms with Gasteiger partial charge in [0.15, 0.2) is 6.10 Å². The van der Waals surface area contributed by atoms with E-state index < -0.39 is 6.10 Å². The Kier molecular flexibility index (Phi) is 4.74. The lowest BCUT2D eigenvalue weighted by Gasteiger charge is -2.21. The molecule has 1 aliphatic heterocycles. The van der Waals surface area contributed by atoms with E-state index in [1.165, 1.54) is 0 Å². The average Bonchev–Trinajstić information content (AvgIpc) is 3.05. The summed E-state index contributed by atoms with van der Waals surface area (Å²) < 4.78 is 5.70. The first-order valence-corrected chi connectivity index (χ1v) is 8.38. The van der Waals surface area contributed by atoms with Gasteiger partial charge in [-0.2, -0.15) is 0 Å². The van der Waals surface area contributed by atoms with E-state index in [4.69, 9.17) is 4.74 Å². The molecular weight excluding hydrogens is 316 g/mol. The summed E-state index contributed by atoms with van der Waals surface area (Å²) in [6, 6.07) is 14.7. The van der Waals surface area contributed by atoms with Gasteiger partial charge < -0.3 is 15.0 Å². The molecule has 1 aliphatic rings. The molecule has 1 atom stereocenters. The number of hydrogen-bond acceptors (Lipinski definition) is 3. The maximum atomic E-state index is 12.5. The number of ether oxygens (including phenoxy) is 1. The van der Waals surface area contributed by atoms with Gasteiger partial charge in [-0.3, -0.25) is 9.59 Å². The third kappa shape index (κ3) is 3.65. The van der Waals surface area contributed by atoms with Crippen molar-refractivity contribution in [2.24, 2.45) is 0 Å². The summed E-state index contributed by atoms with van der Waals surface area (Å²) >= 11 is 0. The largest absolute Gasteiger partial charge is 0.480 e. The molecule has 0 saturated carbocycles. The summed E-state index contributed by atoms with van der Waals surface area (Å²) in [5, 5.41) is 2.85. The minimum absolute atomic E-state index is 0.0735. The Morgan fingerprint density at radius 1 is 1.16 bits per heavy atom. The highest BCUT2D eigenvalue weighted by Crippen LogP contribution is 2.28. The second-order valence-corrected chi connectivity index (χ2v) is 6.50. The van der Waals surface area contributed by atoms with Crippen LogP contribution in [0.1, 0.15) is 29.8 Å². The molecule has 0 aromatic heterocycles. The molecule has 0 bridgehead atoms. The van der Waals surface area contributed by atoms with Crippen molar-refractivity contribution < 1.29 is 14.3 Å². The van der Waals surface area contributed by atoms with Crippen LogP contribution in [0.2, 0.25) is 0 Å². The Hall–Kier alpha value is -2.82. The normalized spacial score (nSPS) is 15.4. The van der Waals surface area contributed by atoms with E-state index in [0.29, 0.717) is 17.7 Å². The Labute approximate surface area is 147 Å². The monoisotopic (exact) mass is 338 g/mol. The third-order valence-electron chi connectivity index (χ3n) is 4.41. The number of benzene rings is 2. The maximum absolute atomic E-state index is 12.5. The molecule has 1 N–H and O–H groups in total. The van der Waals surface area contributed by atoms with E-state index in [-0.39, 0.29) is 17.9 Å². The summed E-state index contributed by atoms with van der Waals surface area (Å²) in [6.45, 7) is 3.91. The number of fused-ring (bicyclic) bond motifs is 1. The molecule has 0 radical (unpaired) electrons. The van der Waals surface area contributed by atoms with Crippen LogP contribution in [0, 0.1) is 0 Å². The van der Waals surface area contributed by atoms with Crippen molar-refractivity contribution >= 4 is 17.5 Å².